The molecule has 1 saturated carbocycles. The summed E-state index contributed by atoms with van der Waals surface area (Å²) in [6.45, 7) is 0. The molecule has 3 nitrogen and oxygen atoms in total. The Morgan fingerprint density at radius 2 is 1.95 bits per heavy atom. The van der Waals surface area contributed by atoms with Crippen molar-refractivity contribution in [1.29, 1.82) is 5.41 Å². The predicted molar refractivity (Wildman–Crippen MR) is 81.4 cm³/mol. The molecule has 0 heterocycles. The lowest BCUT2D eigenvalue weighted by atomic mass is 10.1. The molecule has 0 saturated heterocycles. The van der Waals surface area contributed by atoms with Crippen LogP contribution < -0.4 is 10.5 Å². The van der Waals surface area contributed by atoms with Crippen molar-refractivity contribution < 1.29 is 4.74 Å². The van der Waals surface area contributed by atoms with Gasteiger partial charge < -0.3 is 10.5 Å². The van der Waals surface area contributed by atoms with Gasteiger partial charge in [0.1, 0.15) is 11.6 Å². The summed E-state index contributed by atoms with van der Waals surface area (Å²) in [7, 11) is 0. The first-order chi connectivity index (χ1) is 9.22. The molecule has 0 amide bonds. The van der Waals surface area contributed by atoms with Crippen LogP contribution in [0.3, 0.4) is 0 Å². The van der Waals surface area contributed by atoms with Crippen LogP contribution in [0.5, 0.6) is 5.75 Å². The number of benzene rings is 1. The Bertz CT molecular complexity index is 440. The summed E-state index contributed by atoms with van der Waals surface area (Å²) in [6.07, 6.45) is 9.59. The van der Waals surface area contributed by atoms with Crippen molar-refractivity contribution in [2.75, 3.05) is 6.26 Å². The molecule has 0 aliphatic heterocycles. The maximum atomic E-state index is 7.77. The highest BCUT2D eigenvalue weighted by Gasteiger charge is 2.18. The second-order valence-corrected chi connectivity index (χ2v) is 5.83. The number of nitrogens with one attached hydrogen (secondary N) is 1. The van der Waals surface area contributed by atoms with Crippen LogP contribution in [0.1, 0.15) is 44.1 Å². The Morgan fingerprint density at radius 1 is 1.26 bits per heavy atom. The second-order valence-electron chi connectivity index (χ2n) is 4.98. The standard InChI is InChI=1S/C15H22N2OS/c1-19-13-10-6-9-12(14(13)15(16)17)18-11-7-4-2-3-5-8-11/h6,9-11H,2-5,7-8H2,1H3,(H3,16,17). The fourth-order valence-corrected chi connectivity index (χ4v) is 3.21. The monoisotopic (exact) mass is 278 g/mol. The normalized spacial score (nSPS) is 16.9. The number of amidine groups is 1. The zero-order chi connectivity index (χ0) is 13.7. The van der Waals surface area contributed by atoms with Gasteiger partial charge in [-0.3, -0.25) is 5.41 Å². The highest BCUT2D eigenvalue weighted by Crippen LogP contribution is 2.31. The minimum atomic E-state index is 0.0913. The van der Waals surface area contributed by atoms with E-state index in [0.29, 0.717) is 0 Å². The molecule has 0 unspecified atom stereocenters. The van der Waals surface area contributed by atoms with Crippen molar-refractivity contribution in [3.63, 3.8) is 0 Å². The number of nitrogens with two attached hydrogens (primary N) is 1. The molecule has 2 rings (SSSR count). The Kier molecular flexibility index (Phi) is 5.14. The predicted octanol–water partition coefficient (Wildman–Crippen LogP) is 3.79. The lowest BCUT2D eigenvalue weighted by molar-refractivity contribution is 0.183. The van der Waals surface area contributed by atoms with E-state index >= 15 is 0 Å². The maximum Gasteiger partial charge on any atom is 0.131 e. The highest BCUT2D eigenvalue weighted by molar-refractivity contribution is 7.98. The zero-order valence-corrected chi connectivity index (χ0v) is 12.3. The number of hydrogen-bond donors (Lipinski definition) is 2. The van der Waals surface area contributed by atoms with E-state index < -0.39 is 0 Å². The van der Waals surface area contributed by atoms with Gasteiger partial charge in [0.05, 0.1) is 11.7 Å². The van der Waals surface area contributed by atoms with Crippen LogP contribution in [-0.4, -0.2) is 18.2 Å². The van der Waals surface area contributed by atoms with E-state index in [0.717, 1.165) is 29.1 Å². The van der Waals surface area contributed by atoms with E-state index in [2.05, 4.69) is 0 Å². The van der Waals surface area contributed by atoms with Crippen molar-refractivity contribution >= 4 is 17.6 Å². The number of thioether (sulfide) groups is 1. The summed E-state index contributed by atoms with van der Waals surface area (Å²) in [5.74, 6) is 0.861. The van der Waals surface area contributed by atoms with Crippen LogP contribution in [0, 0.1) is 5.41 Å². The third kappa shape index (κ3) is 3.66. The molecule has 1 aromatic rings. The third-order valence-electron chi connectivity index (χ3n) is 3.57. The summed E-state index contributed by atoms with van der Waals surface area (Å²) >= 11 is 1.60. The molecular weight excluding hydrogens is 256 g/mol. The lowest BCUT2D eigenvalue weighted by Crippen LogP contribution is -2.20. The van der Waals surface area contributed by atoms with Crippen LogP contribution in [0.4, 0.5) is 0 Å². The Balaban J connectivity index is 2.21. The van der Waals surface area contributed by atoms with Crippen molar-refractivity contribution in [1.82, 2.24) is 0 Å². The van der Waals surface area contributed by atoms with Gasteiger partial charge in [-0.05, 0) is 44.1 Å². The summed E-state index contributed by atoms with van der Waals surface area (Å²) in [4.78, 5) is 1.01. The van der Waals surface area contributed by atoms with E-state index in [1.165, 1.54) is 25.7 Å². The molecule has 0 bridgehead atoms. The lowest BCUT2D eigenvalue weighted by Gasteiger charge is -2.20. The Labute approximate surface area is 119 Å². The molecule has 3 N–H and O–H groups in total. The van der Waals surface area contributed by atoms with Gasteiger partial charge in [-0.25, -0.2) is 0 Å². The third-order valence-corrected chi connectivity index (χ3v) is 4.35. The van der Waals surface area contributed by atoms with Gasteiger partial charge in [0, 0.05) is 4.90 Å². The first-order valence-corrected chi connectivity index (χ1v) is 8.13. The molecular formula is C15H22N2OS. The summed E-state index contributed by atoms with van der Waals surface area (Å²) in [5.41, 5.74) is 6.47. The fourth-order valence-electron chi connectivity index (χ4n) is 2.58. The highest BCUT2D eigenvalue weighted by atomic mass is 32.2. The molecule has 0 aromatic heterocycles. The summed E-state index contributed by atoms with van der Waals surface area (Å²) in [5, 5.41) is 7.77. The first-order valence-electron chi connectivity index (χ1n) is 6.90. The average Bonchev–Trinajstić information content (AvgIpc) is 2.66. The smallest absolute Gasteiger partial charge is 0.131 e. The van der Waals surface area contributed by atoms with Crippen LogP contribution in [-0.2, 0) is 0 Å². The van der Waals surface area contributed by atoms with Crippen molar-refractivity contribution in [3.05, 3.63) is 23.8 Å². The van der Waals surface area contributed by atoms with E-state index in [4.69, 9.17) is 15.9 Å². The summed E-state index contributed by atoms with van der Waals surface area (Å²) in [6, 6.07) is 5.90. The molecule has 1 aliphatic carbocycles. The molecule has 19 heavy (non-hydrogen) atoms. The van der Waals surface area contributed by atoms with Gasteiger partial charge in [-0.15, -0.1) is 11.8 Å². The van der Waals surface area contributed by atoms with E-state index in [1.807, 2.05) is 24.5 Å². The van der Waals surface area contributed by atoms with Gasteiger partial charge >= 0.3 is 0 Å². The molecule has 0 radical (unpaired) electrons. The van der Waals surface area contributed by atoms with E-state index in [9.17, 15) is 0 Å². The molecule has 1 aliphatic rings. The van der Waals surface area contributed by atoms with Gasteiger partial charge in [0.25, 0.3) is 0 Å². The Morgan fingerprint density at radius 3 is 2.53 bits per heavy atom. The van der Waals surface area contributed by atoms with Gasteiger partial charge in [0.15, 0.2) is 0 Å². The number of hydrogen-bond acceptors (Lipinski definition) is 3. The topological polar surface area (TPSA) is 59.1 Å². The van der Waals surface area contributed by atoms with Crippen molar-refractivity contribution in [2.24, 2.45) is 5.73 Å². The molecule has 0 spiro atoms. The van der Waals surface area contributed by atoms with E-state index in [-0.39, 0.29) is 11.9 Å². The molecule has 4 heteroatoms. The van der Waals surface area contributed by atoms with Gasteiger partial charge in [-0.1, -0.05) is 18.9 Å². The minimum absolute atomic E-state index is 0.0913. The minimum Gasteiger partial charge on any atom is -0.490 e. The second kappa shape index (κ2) is 6.85. The largest absolute Gasteiger partial charge is 0.490 e. The summed E-state index contributed by atoms with van der Waals surface area (Å²) < 4.78 is 6.14. The quantitative estimate of drug-likeness (QED) is 0.381. The molecule has 1 fully saturated rings. The van der Waals surface area contributed by atoms with Gasteiger partial charge in [0.2, 0.25) is 0 Å². The fraction of sp³-hybridized carbons (Fsp3) is 0.533. The Hall–Kier alpha value is -1.16. The molecule has 0 atom stereocenters. The maximum absolute atomic E-state index is 7.77. The number of rotatable bonds is 4. The van der Waals surface area contributed by atoms with Crippen LogP contribution in [0.2, 0.25) is 0 Å². The van der Waals surface area contributed by atoms with Crippen LogP contribution >= 0.6 is 11.8 Å². The molecule has 1 aromatic carbocycles. The van der Waals surface area contributed by atoms with E-state index in [1.54, 1.807) is 11.8 Å². The van der Waals surface area contributed by atoms with Crippen molar-refractivity contribution in [2.45, 2.75) is 49.5 Å². The van der Waals surface area contributed by atoms with Gasteiger partial charge in [-0.2, -0.15) is 0 Å². The molecule has 104 valence electrons. The number of ether oxygens (including phenoxy) is 1. The SMILES string of the molecule is CSc1cccc(OC2CCCCCC2)c1C(=N)N. The average molecular weight is 278 g/mol. The first kappa shape index (κ1) is 14.3. The zero-order valence-electron chi connectivity index (χ0n) is 11.4. The van der Waals surface area contributed by atoms with Crippen molar-refractivity contribution in [3.8, 4) is 5.75 Å². The number of nitrogen functional groups attached to an aromatic ring is 1. The van der Waals surface area contributed by atoms with Crippen LogP contribution in [0.15, 0.2) is 23.1 Å². The van der Waals surface area contributed by atoms with Crippen LogP contribution in [0.25, 0.3) is 0 Å².